The highest BCUT2D eigenvalue weighted by atomic mass is 16.5. The smallest absolute Gasteiger partial charge is 0.126 e. The number of para-hydroxylation sites is 1. The Balaban J connectivity index is 2.19. The second-order valence-corrected chi connectivity index (χ2v) is 6.18. The predicted octanol–water partition coefficient (Wildman–Crippen LogP) is 4.06. The van der Waals surface area contributed by atoms with Gasteiger partial charge >= 0.3 is 0 Å². The largest absolute Gasteiger partial charge is 0.491 e. The molecule has 0 amide bonds. The molecule has 1 saturated heterocycles. The van der Waals surface area contributed by atoms with E-state index in [-0.39, 0.29) is 0 Å². The molecular formula is C17H27NO. The van der Waals surface area contributed by atoms with Crippen molar-refractivity contribution in [2.24, 2.45) is 0 Å². The Morgan fingerprint density at radius 1 is 1.16 bits per heavy atom. The molecule has 2 heteroatoms. The Labute approximate surface area is 117 Å². The lowest BCUT2D eigenvalue weighted by atomic mass is 9.94. The second-order valence-electron chi connectivity index (χ2n) is 6.18. The maximum Gasteiger partial charge on any atom is 0.126 e. The molecule has 106 valence electrons. The maximum absolute atomic E-state index is 6.21. The molecule has 1 atom stereocenters. The average Bonchev–Trinajstić information content (AvgIpc) is 2.88. The van der Waals surface area contributed by atoms with E-state index < -0.39 is 0 Å². The van der Waals surface area contributed by atoms with Gasteiger partial charge in [-0.25, -0.2) is 0 Å². The third kappa shape index (κ3) is 3.50. The zero-order chi connectivity index (χ0) is 13.8. The minimum absolute atomic E-state index is 0.505. The number of hydrogen-bond acceptors (Lipinski definition) is 2. The van der Waals surface area contributed by atoms with Crippen LogP contribution in [0.1, 0.15) is 63.5 Å². The van der Waals surface area contributed by atoms with Gasteiger partial charge in [-0.15, -0.1) is 0 Å². The van der Waals surface area contributed by atoms with Crippen molar-refractivity contribution in [1.82, 2.24) is 5.32 Å². The first kappa shape index (κ1) is 14.4. The Morgan fingerprint density at radius 3 is 2.26 bits per heavy atom. The zero-order valence-corrected chi connectivity index (χ0v) is 12.7. The van der Waals surface area contributed by atoms with Gasteiger partial charge in [0.25, 0.3) is 0 Å². The molecule has 1 aliphatic rings. The lowest BCUT2D eigenvalue weighted by Gasteiger charge is -2.21. The summed E-state index contributed by atoms with van der Waals surface area (Å²) in [6.45, 7) is 10.9. The Hall–Kier alpha value is -1.02. The number of benzene rings is 1. The third-order valence-electron chi connectivity index (χ3n) is 3.91. The topological polar surface area (TPSA) is 21.3 Å². The molecule has 0 spiro atoms. The van der Waals surface area contributed by atoms with Crippen molar-refractivity contribution in [3.05, 3.63) is 29.3 Å². The monoisotopic (exact) mass is 261 g/mol. The van der Waals surface area contributed by atoms with E-state index in [1.807, 2.05) is 0 Å². The van der Waals surface area contributed by atoms with E-state index >= 15 is 0 Å². The number of rotatable bonds is 5. The van der Waals surface area contributed by atoms with E-state index in [2.05, 4.69) is 51.2 Å². The van der Waals surface area contributed by atoms with Gasteiger partial charge < -0.3 is 10.1 Å². The quantitative estimate of drug-likeness (QED) is 0.863. The van der Waals surface area contributed by atoms with Gasteiger partial charge in [-0.3, -0.25) is 0 Å². The summed E-state index contributed by atoms with van der Waals surface area (Å²) in [6, 6.07) is 7.09. The van der Waals surface area contributed by atoms with Crippen LogP contribution in [0.2, 0.25) is 0 Å². The number of ether oxygens (including phenoxy) is 1. The van der Waals surface area contributed by atoms with Gasteiger partial charge in [0, 0.05) is 6.04 Å². The van der Waals surface area contributed by atoms with Crippen molar-refractivity contribution >= 4 is 0 Å². The van der Waals surface area contributed by atoms with E-state index in [1.54, 1.807) is 0 Å². The van der Waals surface area contributed by atoms with E-state index in [0.29, 0.717) is 17.9 Å². The number of nitrogens with one attached hydrogen (secondary N) is 1. The van der Waals surface area contributed by atoms with Crippen LogP contribution in [-0.4, -0.2) is 19.2 Å². The van der Waals surface area contributed by atoms with Gasteiger partial charge in [-0.2, -0.15) is 0 Å². The summed E-state index contributed by atoms with van der Waals surface area (Å²) in [5.41, 5.74) is 2.67. The summed E-state index contributed by atoms with van der Waals surface area (Å²) < 4.78 is 6.21. The predicted molar refractivity (Wildman–Crippen MR) is 81.1 cm³/mol. The Bertz CT molecular complexity index is 379. The summed E-state index contributed by atoms with van der Waals surface area (Å²) in [6.07, 6.45) is 2.51. The molecule has 2 rings (SSSR count). The van der Waals surface area contributed by atoms with Crippen molar-refractivity contribution in [2.45, 2.75) is 58.4 Å². The molecule has 0 bridgehead atoms. The fraction of sp³-hybridized carbons (Fsp3) is 0.647. The first-order valence-electron chi connectivity index (χ1n) is 7.58. The van der Waals surface area contributed by atoms with Crippen LogP contribution in [0.5, 0.6) is 5.75 Å². The van der Waals surface area contributed by atoms with Crippen LogP contribution in [0.25, 0.3) is 0 Å². The molecule has 1 unspecified atom stereocenters. The molecule has 0 aromatic heterocycles. The van der Waals surface area contributed by atoms with Gasteiger partial charge in [-0.1, -0.05) is 45.9 Å². The normalized spacial score (nSPS) is 19.4. The molecule has 1 aromatic carbocycles. The van der Waals surface area contributed by atoms with Crippen LogP contribution in [-0.2, 0) is 0 Å². The zero-order valence-electron chi connectivity index (χ0n) is 12.7. The lowest BCUT2D eigenvalue weighted by molar-refractivity contribution is 0.270. The highest BCUT2D eigenvalue weighted by molar-refractivity contribution is 5.44. The van der Waals surface area contributed by atoms with Crippen molar-refractivity contribution < 1.29 is 4.74 Å². The SMILES string of the molecule is CC(C)c1cccc(C(C)C)c1OCC1CCCN1. The second kappa shape index (κ2) is 6.42. The molecule has 1 heterocycles. The third-order valence-corrected chi connectivity index (χ3v) is 3.91. The van der Waals surface area contributed by atoms with Crippen molar-refractivity contribution in [3.63, 3.8) is 0 Å². The summed E-state index contributed by atoms with van der Waals surface area (Å²) in [5.74, 6) is 2.14. The van der Waals surface area contributed by atoms with Gasteiger partial charge in [0.05, 0.1) is 0 Å². The molecule has 1 fully saturated rings. The van der Waals surface area contributed by atoms with E-state index in [0.717, 1.165) is 18.9 Å². The molecular weight excluding hydrogens is 234 g/mol. The number of hydrogen-bond donors (Lipinski definition) is 1. The van der Waals surface area contributed by atoms with Crippen molar-refractivity contribution in [3.8, 4) is 5.75 Å². The average molecular weight is 261 g/mol. The first-order valence-corrected chi connectivity index (χ1v) is 7.58. The fourth-order valence-corrected chi connectivity index (χ4v) is 2.73. The maximum atomic E-state index is 6.21. The lowest BCUT2D eigenvalue weighted by Crippen LogP contribution is -2.28. The van der Waals surface area contributed by atoms with Crippen LogP contribution in [0.4, 0.5) is 0 Å². The van der Waals surface area contributed by atoms with E-state index in [1.165, 1.54) is 24.0 Å². The van der Waals surface area contributed by atoms with Crippen molar-refractivity contribution in [1.29, 1.82) is 0 Å². The standard InChI is InChI=1S/C17H27NO/c1-12(2)15-8-5-9-16(13(3)4)17(15)19-11-14-7-6-10-18-14/h5,8-9,12-14,18H,6-7,10-11H2,1-4H3. The summed E-state index contributed by atoms with van der Waals surface area (Å²) in [7, 11) is 0. The molecule has 0 aliphatic carbocycles. The molecule has 2 nitrogen and oxygen atoms in total. The summed E-state index contributed by atoms with van der Waals surface area (Å²) in [4.78, 5) is 0. The first-order chi connectivity index (χ1) is 9.09. The molecule has 1 aromatic rings. The van der Waals surface area contributed by atoms with Crippen LogP contribution in [0, 0.1) is 0 Å². The van der Waals surface area contributed by atoms with Crippen molar-refractivity contribution in [2.75, 3.05) is 13.2 Å². The van der Waals surface area contributed by atoms with E-state index in [4.69, 9.17) is 4.74 Å². The van der Waals surface area contributed by atoms with Gasteiger partial charge in [0.1, 0.15) is 12.4 Å². The van der Waals surface area contributed by atoms with Gasteiger partial charge in [-0.05, 0) is 42.3 Å². The highest BCUT2D eigenvalue weighted by Gasteiger charge is 2.18. The van der Waals surface area contributed by atoms with Crippen LogP contribution in [0.3, 0.4) is 0 Å². The van der Waals surface area contributed by atoms with Gasteiger partial charge in [0.15, 0.2) is 0 Å². The van der Waals surface area contributed by atoms with Crippen LogP contribution in [0.15, 0.2) is 18.2 Å². The van der Waals surface area contributed by atoms with Gasteiger partial charge in [0.2, 0.25) is 0 Å². The highest BCUT2D eigenvalue weighted by Crippen LogP contribution is 2.34. The Morgan fingerprint density at radius 2 is 1.79 bits per heavy atom. The molecule has 1 N–H and O–H groups in total. The molecule has 0 saturated carbocycles. The van der Waals surface area contributed by atoms with Crippen LogP contribution >= 0.6 is 0 Å². The Kier molecular flexibility index (Phi) is 4.87. The molecule has 1 aliphatic heterocycles. The summed E-state index contributed by atoms with van der Waals surface area (Å²) in [5, 5.41) is 3.50. The minimum Gasteiger partial charge on any atom is -0.491 e. The molecule has 0 radical (unpaired) electrons. The summed E-state index contributed by atoms with van der Waals surface area (Å²) >= 11 is 0. The van der Waals surface area contributed by atoms with E-state index in [9.17, 15) is 0 Å². The minimum atomic E-state index is 0.505. The van der Waals surface area contributed by atoms with Crippen LogP contribution < -0.4 is 10.1 Å². The fourth-order valence-electron chi connectivity index (χ4n) is 2.73. The molecule has 19 heavy (non-hydrogen) atoms.